The lowest BCUT2D eigenvalue weighted by atomic mass is 9.86. The van der Waals surface area contributed by atoms with Gasteiger partial charge in [0.05, 0.1) is 5.92 Å². The van der Waals surface area contributed by atoms with E-state index in [2.05, 4.69) is 10.2 Å². The molecule has 0 aromatic rings. The fraction of sp³-hybridized carbons (Fsp3) is 0.867. The third kappa shape index (κ3) is 5.53. The van der Waals surface area contributed by atoms with Gasteiger partial charge >= 0.3 is 12.0 Å². The van der Waals surface area contributed by atoms with Crippen LogP contribution >= 0.6 is 0 Å². The summed E-state index contributed by atoms with van der Waals surface area (Å²) in [4.78, 5) is 27.2. The minimum Gasteiger partial charge on any atom is -0.481 e. The maximum Gasteiger partial charge on any atom is 0.317 e. The molecule has 6 heteroatoms. The van der Waals surface area contributed by atoms with Gasteiger partial charge in [-0.15, -0.1) is 0 Å². The Kier molecular flexibility index (Phi) is 6.95. The molecular formula is C15H29N3O3. The maximum absolute atomic E-state index is 12.4. The topological polar surface area (TPSA) is 72.9 Å². The first-order chi connectivity index (χ1) is 9.85. The first-order valence-electron chi connectivity index (χ1n) is 7.79. The number of rotatable bonds is 6. The van der Waals surface area contributed by atoms with Crippen LogP contribution in [0.25, 0.3) is 0 Å². The maximum atomic E-state index is 12.4. The number of carbonyl (C=O) groups excluding carboxylic acids is 1. The minimum atomic E-state index is -0.713. The first-order valence-corrected chi connectivity index (χ1v) is 7.79. The average molecular weight is 299 g/mol. The molecule has 1 atom stereocenters. The molecule has 1 aliphatic rings. The second-order valence-electron chi connectivity index (χ2n) is 6.23. The Morgan fingerprint density at radius 2 is 1.81 bits per heavy atom. The van der Waals surface area contributed by atoms with Crippen molar-refractivity contribution in [3.05, 3.63) is 0 Å². The van der Waals surface area contributed by atoms with Gasteiger partial charge in [0, 0.05) is 25.2 Å². The van der Waals surface area contributed by atoms with E-state index in [1.54, 1.807) is 0 Å². The van der Waals surface area contributed by atoms with Crippen LogP contribution in [0.4, 0.5) is 4.79 Å². The van der Waals surface area contributed by atoms with Crippen molar-refractivity contribution in [1.82, 2.24) is 15.1 Å². The van der Waals surface area contributed by atoms with E-state index in [0.29, 0.717) is 19.4 Å². The largest absolute Gasteiger partial charge is 0.481 e. The number of carbonyl (C=O) groups is 2. The molecule has 2 amide bonds. The number of amides is 2. The zero-order chi connectivity index (χ0) is 16.0. The molecule has 0 aliphatic heterocycles. The van der Waals surface area contributed by atoms with Crippen LogP contribution in [0.2, 0.25) is 0 Å². The molecule has 1 rings (SSSR count). The van der Waals surface area contributed by atoms with Crippen LogP contribution in [-0.2, 0) is 4.79 Å². The van der Waals surface area contributed by atoms with Crippen LogP contribution in [0.15, 0.2) is 0 Å². The van der Waals surface area contributed by atoms with Crippen molar-refractivity contribution in [2.75, 3.05) is 27.2 Å². The third-order valence-electron chi connectivity index (χ3n) is 4.17. The SMILES string of the molecule is CCN(C(=O)NC1CCC(C(=O)O)CC1)C(C)CN(C)C. The standard InChI is InChI=1S/C15H29N3O3/c1-5-18(11(2)10-17(3)4)15(21)16-13-8-6-12(7-9-13)14(19)20/h11-13H,5-10H2,1-4H3,(H,16,21)(H,19,20). The summed E-state index contributed by atoms with van der Waals surface area (Å²) in [7, 11) is 3.99. The fourth-order valence-corrected chi connectivity index (χ4v) is 3.02. The molecule has 0 heterocycles. The molecule has 122 valence electrons. The molecule has 0 bridgehead atoms. The van der Waals surface area contributed by atoms with Gasteiger partial charge in [0.15, 0.2) is 0 Å². The van der Waals surface area contributed by atoms with Gasteiger partial charge in [0.1, 0.15) is 0 Å². The number of nitrogens with zero attached hydrogens (tertiary/aromatic N) is 2. The number of carboxylic acid groups (broad SMARTS) is 1. The number of urea groups is 1. The highest BCUT2D eigenvalue weighted by molar-refractivity contribution is 5.75. The summed E-state index contributed by atoms with van der Waals surface area (Å²) in [5.41, 5.74) is 0. The van der Waals surface area contributed by atoms with Crippen LogP contribution in [0.3, 0.4) is 0 Å². The van der Waals surface area contributed by atoms with Crippen LogP contribution in [0, 0.1) is 5.92 Å². The van der Waals surface area contributed by atoms with E-state index in [-0.39, 0.29) is 24.0 Å². The van der Waals surface area contributed by atoms with Gasteiger partial charge in [0.25, 0.3) is 0 Å². The average Bonchev–Trinajstić information content (AvgIpc) is 2.39. The van der Waals surface area contributed by atoms with Gasteiger partial charge in [-0.2, -0.15) is 0 Å². The number of hydrogen-bond donors (Lipinski definition) is 2. The molecule has 0 spiro atoms. The normalized spacial score (nSPS) is 23.7. The van der Waals surface area contributed by atoms with Crippen LogP contribution in [0.5, 0.6) is 0 Å². The monoisotopic (exact) mass is 299 g/mol. The van der Waals surface area contributed by atoms with Gasteiger partial charge in [0.2, 0.25) is 0 Å². The Morgan fingerprint density at radius 1 is 1.24 bits per heavy atom. The zero-order valence-corrected chi connectivity index (χ0v) is 13.6. The molecule has 6 nitrogen and oxygen atoms in total. The lowest BCUT2D eigenvalue weighted by molar-refractivity contribution is -0.142. The molecule has 0 aromatic carbocycles. The molecule has 2 N–H and O–H groups in total. The zero-order valence-electron chi connectivity index (χ0n) is 13.6. The molecule has 1 saturated carbocycles. The quantitative estimate of drug-likeness (QED) is 0.781. The highest BCUT2D eigenvalue weighted by Gasteiger charge is 2.28. The molecule has 1 fully saturated rings. The molecule has 1 unspecified atom stereocenters. The number of carboxylic acids is 1. The summed E-state index contributed by atoms with van der Waals surface area (Å²) >= 11 is 0. The van der Waals surface area contributed by atoms with E-state index in [1.807, 2.05) is 32.8 Å². The van der Waals surface area contributed by atoms with Crippen molar-refractivity contribution in [1.29, 1.82) is 0 Å². The molecule has 21 heavy (non-hydrogen) atoms. The predicted molar refractivity (Wildman–Crippen MR) is 82.3 cm³/mol. The fourth-order valence-electron chi connectivity index (χ4n) is 3.02. The van der Waals surface area contributed by atoms with Crippen molar-refractivity contribution >= 4 is 12.0 Å². The van der Waals surface area contributed by atoms with E-state index < -0.39 is 5.97 Å². The summed E-state index contributed by atoms with van der Waals surface area (Å²) in [6.45, 7) is 5.52. The number of aliphatic carboxylic acids is 1. The lowest BCUT2D eigenvalue weighted by Gasteiger charge is -2.33. The highest BCUT2D eigenvalue weighted by atomic mass is 16.4. The second kappa shape index (κ2) is 8.22. The molecule has 0 radical (unpaired) electrons. The van der Waals surface area contributed by atoms with Crippen LogP contribution in [0.1, 0.15) is 39.5 Å². The van der Waals surface area contributed by atoms with Crippen molar-refractivity contribution in [3.8, 4) is 0 Å². The summed E-state index contributed by atoms with van der Waals surface area (Å²) in [5.74, 6) is -0.956. The minimum absolute atomic E-state index is 0.0365. The summed E-state index contributed by atoms with van der Waals surface area (Å²) < 4.78 is 0. The van der Waals surface area contributed by atoms with Gasteiger partial charge in [-0.25, -0.2) is 4.79 Å². The van der Waals surface area contributed by atoms with Gasteiger partial charge < -0.3 is 20.2 Å². The Morgan fingerprint density at radius 3 is 2.24 bits per heavy atom. The Balaban J connectivity index is 2.46. The first kappa shape index (κ1) is 17.8. The van der Waals surface area contributed by atoms with Gasteiger partial charge in [-0.1, -0.05) is 0 Å². The van der Waals surface area contributed by atoms with Crippen molar-refractivity contribution < 1.29 is 14.7 Å². The highest BCUT2D eigenvalue weighted by Crippen LogP contribution is 2.24. The Hall–Kier alpha value is -1.30. The predicted octanol–water partition coefficient (Wildman–Crippen LogP) is 1.61. The summed E-state index contributed by atoms with van der Waals surface area (Å²) in [6, 6.07) is 0.222. The summed E-state index contributed by atoms with van der Waals surface area (Å²) in [5, 5.41) is 12.0. The molecular weight excluding hydrogens is 270 g/mol. The van der Waals surface area contributed by atoms with Crippen LogP contribution < -0.4 is 5.32 Å². The smallest absolute Gasteiger partial charge is 0.317 e. The molecule has 0 aromatic heterocycles. The molecule has 0 saturated heterocycles. The van der Waals surface area contributed by atoms with E-state index in [0.717, 1.165) is 19.4 Å². The Labute approximate surface area is 127 Å². The lowest BCUT2D eigenvalue weighted by Crippen LogP contribution is -2.51. The van der Waals surface area contributed by atoms with Crippen molar-refractivity contribution in [2.45, 2.75) is 51.6 Å². The van der Waals surface area contributed by atoms with Crippen molar-refractivity contribution in [2.24, 2.45) is 5.92 Å². The second-order valence-corrected chi connectivity index (χ2v) is 6.23. The number of likely N-dealkylation sites (N-methyl/N-ethyl adjacent to an activating group) is 2. The Bertz CT molecular complexity index is 352. The van der Waals surface area contributed by atoms with E-state index in [9.17, 15) is 9.59 Å². The molecule has 1 aliphatic carbocycles. The van der Waals surface area contributed by atoms with E-state index in [1.165, 1.54) is 0 Å². The van der Waals surface area contributed by atoms with E-state index >= 15 is 0 Å². The third-order valence-corrected chi connectivity index (χ3v) is 4.17. The van der Waals surface area contributed by atoms with Crippen LogP contribution in [-0.4, -0.2) is 66.2 Å². The summed E-state index contributed by atoms with van der Waals surface area (Å²) in [6.07, 6.45) is 2.81. The van der Waals surface area contributed by atoms with Gasteiger partial charge in [-0.3, -0.25) is 4.79 Å². The number of nitrogens with one attached hydrogen (secondary N) is 1. The van der Waals surface area contributed by atoms with E-state index in [4.69, 9.17) is 5.11 Å². The van der Waals surface area contributed by atoms with Crippen molar-refractivity contribution in [3.63, 3.8) is 0 Å². The number of hydrogen-bond acceptors (Lipinski definition) is 3. The van der Waals surface area contributed by atoms with Gasteiger partial charge in [-0.05, 0) is 53.6 Å².